The Morgan fingerprint density at radius 2 is 1.48 bits per heavy atom. The van der Waals surface area contributed by atoms with Crippen molar-refractivity contribution in [3.63, 3.8) is 0 Å². The van der Waals surface area contributed by atoms with Crippen molar-refractivity contribution in [1.82, 2.24) is 4.98 Å². The number of aliphatic hydroxyl groups is 1. The van der Waals surface area contributed by atoms with Crippen LogP contribution in [0.4, 0.5) is 0 Å². The summed E-state index contributed by atoms with van der Waals surface area (Å²) in [6, 6.07) is 1.86. The van der Waals surface area contributed by atoms with Crippen molar-refractivity contribution in [2.45, 2.75) is 39.2 Å². The minimum absolute atomic E-state index is 0.311. The lowest BCUT2D eigenvalue weighted by Crippen LogP contribution is -2.42. The van der Waals surface area contributed by atoms with Crippen LogP contribution < -0.4 is 0 Å². The molecule has 0 atom stereocenters. The maximum absolute atomic E-state index is 10.3. The van der Waals surface area contributed by atoms with Gasteiger partial charge in [0.2, 0.25) is 0 Å². The predicted octanol–water partition coefficient (Wildman–Crippen LogP) is 0.464. The standard InChI is InChI=1S/C8H11NO.C6H8O7/c1-5-4-6(2)9-7(3)8(5)10;7-3(8)1-6(13,5(11)12)2-4(9)10/h4,10H,1-3H3;13H,1-2H2,(H,7,8)(H,9,10)(H,11,12). The number of aryl methyl sites for hydroxylation is 3. The molecule has 1 rings (SSSR count). The van der Waals surface area contributed by atoms with E-state index in [0.29, 0.717) is 11.4 Å². The minimum atomic E-state index is -2.74. The van der Waals surface area contributed by atoms with Gasteiger partial charge in [-0.25, -0.2) is 4.79 Å². The monoisotopic (exact) mass is 329 g/mol. The average molecular weight is 329 g/mol. The van der Waals surface area contributed by atoms with Gasteiger partial charge in [-0.2, -0.15) is 0 Å². The summed E-state index contributed by atoms with van der Waals surface area (Å²) in [6.45, 7) is 5.59. The van der Waals surface area contributed by atoms with Crippen molar-refractivity contribution in [2.24, 2.45) is 0 Å². The topological polar surface area (TPSA) is 165 Å². The zero-order valence-electron chi connectivity index (χ0n) is 12.9. The van der Waals surface area contributed by atoms with E-state index in [1.807, 2.05) is 19.9 Å². The van der Waals surface area contributed by atoms with Gasteiger partial charge in [-0.05, 0) is 32.4 Å². The first kappa shape index (κ1) is 20.3. The fourth-order valence-corrected chi connectivity index (χ4v) is 1.73. The van der Waals surface area contributed by atoms with Crippen LogP contribution in [0.2, 0.25) is 0 Å². The number of hydrogen-bond donors (Lipinski definition) is 5. The Labute approximate surface area is 131 Å². The maximum atomic E-state index is 10.3. The number of rotatable bonds is 5. The SMILES string of the molecule is Cc1cc(C)c(O)c(C)n1.O=C(O)CC(O)(CC(=O)O)C(=O)O. The van der Waals surface area contributed by atoms with E-state index in [2.05, 4.69) is 4.98 Å². The Morgan fingerprint density at radius 3 is 1.78 bits per heavy atom. The van der Waals surface area contributed by atoms with E-state index in [4.69, 9.17) is 20.4 Å². The number of carboxylic acids is 3. The summed E-state index contributed by atoms with van der Waals surface area (Å²) in [5.41, 5.74) is -0.187. The van der Waals surface area contributed by atoms with Gasteiger partial charge < -0.3 is 25.5 Å². The molecule has 0 bridgehead atoms. The second kappa shape index (κ2) is 8.08. The van der Waals surface area contributed by atoms with Crippen molar-refractivity contribution < 1.29 is 39.9 Å². The molecule has 1 heterocycles. The first-order chi connectivity index (χ1) is 10.4. The van der Waals surface area contributed by atoms with Crippen LogP contribution in [0.15, 0.2) is 6.07 Å². The van der Waals surface area contributed by atoms with E-state index in [9.17, 15) is 19.5 Å². The lowest BCUT2D eigenvalue weighted by atomic mass is 9.96. The fourth-order valence-electron chi connectivity index (χ4n) is 1.73. The van der Waals surface area contributed by atoms with Crippen molar-refractivity contribution in [3.8, 4) is 5.75 Å². The Bertz CT molecular complexity index is 572. The Morgan fingerprint density at radius 1 is 1.04 bits per heavy atom. The highest BCUT2D eigenvalue weighted by Crippen LogP contribution is 2.19. The van der Waals surface area contributed by atoms with Crippen molar-refractivity contribution >= 4 is 17.9 Å². The third-order valence-electron chi connectivity index (χ3n) is 2.77. The third-order valence-corrected chi connectivity index (χ3v) is 2.77. The third kappa shape index (κ3) is 6.74. The average Bonchev–Trinajstić information content (AvgIpc) is 2.34. The molecule has 0 fully saturated rings. The molecule has 0 aliphatic rings. The van der Waals surface area contributed by atoms with E-state index < -0.39 is 36.4 Å². The van der Waals surface area contributed by atoms with E-state index in [1.54, 1.807) is 6.92 Å². The number of aliphatic carboxylic acids is 3. The number of pyridine rings is 1. The molecule has 23 heavy (non-hydrogen) atoms. The minimum Gasteiger partial charge on any atom is -0.506 e. The number of aromatic hydroxyl groups is 1. The van der Waals surface area contributed by atoms with E-state index in [1.165, 1.54) is 0 Å². The number of nitrogens with zero attached hydrogens (tertiary/aromatic N) is 1. The van der Waals surface area contributed by atoms with Crippen LogP contribution in [-0.4, -0.2) is 54.0 Å². The lowest BCUT2D eigenvalue weighted by Gasteiger charge is -2.18. The van der Waals surface area contributed by atoms with Crippen LogP contribution in [0.25, 0.3) is 0 Å². The van der Waals surface area contributed by atoms with Crippen LogP contribution in [0, 0.1) is 20.8 Å². The molecule has 0 amide bonds. The number of aromatic nitrogens is 1. The van der Waals surface area contributed by atoms with Gasteiger partial charge >= 0.3 is 17.9 Å². The second-order valence-electron chi connectivity index (χ2n) is 4.99. The van der Waals surface area contributed by atoms with Gasteiger partial charge in [-0.1, -0.05) is 0 Å². The molecule has 0 saturated carbocycles. The predicted molar refractivity (Wildman–Crippen MR) is 77.2 cm³/mol. The summed E-state index contributed by atoms with van der Waals surface area (Å²) in [4.78, 5) is 34.6. The van der Waals surface area contributed by atoms with Crippen LogP contribution in [0.1, 0.15) is 29.8 Å². The van der Waals surface area contributed by atoms with E-state index in [0.717, 1.165) is 11.3 Å². The van der Waals surface area contributed by atoms with Crippen LogP contribution >= 0.6 is 0 Å². The fraction of sp³-hybridized carbons (Fsp3) is 0.429. The van der Waals surface area contributed by atoms with Crippen LogP contribution in [0.5, 0.6) is 5.75 Å². The summed E-state index contributed by atoms with van der Waals surface area (Å²) < 4.78 is 0. The molecule has 0 radical (unpaired) electrons. The Hall–Kier alpha value is -2.68. The Kier molecular flexibility index (Phi) is 7.14. The zero-order valence-corrected chi connectivity index (χ0v) is 12.9. The van der Waals surface area contributed by atoms with Gasteiger partial charge in [0, 0.05) is 5.69 Å². The van der Waals surface area contributed by atoms with Crippen molar-refractivity contribution in [3.05, 3.63) is 23.0 Å². The first-order valence-electron chi connectivity index (χ1n) is 6.42. The molecule has 1 aromatic heterocycles. The first-order valence-corrected chi connectivity index (χ1v) is 6.42. The van der Waals surface area contributed by atoms with Crippen LogP contribution in [-0.2, 0) is 14.4 Å². The largest absolute Gasteiger partial charge is 0.506 e. The molecule has 5 N–H and O–H groups in total. The number of carboxylic acid groups (broad SMARTS) is 3. The second-order valence-corrected chi connectivity index (χ2v) is 4.99. The maximum Gasteiger partial charge on any atom is 0.336 e. The molecule has 0 unspecified atom stereocenters. The van der Waals surface area contributed by atoms with Gasteiger partial charge in [0.1, 0.15) is 5.75 Å². The molecule has 9 nitrogen and oxygen atoms in total. The summed E-state index contributed by atoms with van der Waals surface area (Å²) in [5.74, 6) is -4.71. The molecule has 128 valence electrons. The van der Waals surface area contributed by atoms with E-state index in [-0.39, 0.29) is 0 Å². The van der Waals surface area contributed by atoms with Gasteiger partial charge in [0.15, 0.2) is 5.60 Å². The quantitative estimate of drug-likeness (QED) is 0.516. The molecule has 9 heteroatoms. The van der Waals surface area contributed by atoms with Crippen molar-refractivity contribution in [2.75, 3.05) is 0 Å². The molecule has 0 spiro atoms. The van der Waals surface area contributed by atoms with Gasteiger partial charge in [-0.15, -0.1) is 0 Å². The molecule has 0 saturated heterocycles. The lowest BCUT2D eigenvalue weighted by molar-refractivity contribution is -0.170. The highest BCUT2D eigenvalue weighted by Gasteiger charge is 2.40. The molecule has 1 aromatic rings. The van der Waals surface area contributed by atoms with Gasteiger partial charge in [0.05, 0.1) is 18.5 Å². The van der Waals surface area contributed by atoms with Gasteiger partial charge in [0.25, 0.3) is 0 Å². The molecular weight excluding hydrogens is 310 g/mol. The molecule has 0 aliphatic heterocycles. The molecule has 0 aliphatic carbocycles. The van der Waals surface area contributed by atoms with Crippen molar-refractivity contribution in [1.29, 1.82) is 0 Å². The zero-order chi connectivity index (χ0) is 18.4. The molecular formula is C14H19NO8. The number of hydrogen-bond acceptors (Lipinski definition) is 6. The molecule has 0 aromatic carbocycles. The van der Waals surface area contributed by atoms with E-state index >= 15 is 0 Å². The highest BCUT2D eigenvalue weighted by molar-refractivity contribution is 5.88. The summed E-state index contributed by atoms with van der Waals surface area (Å²) in [5, 5.41) is 43.1. The summed E-state index contributed by atoms with van der Waals surface area (Å²) >= 11 is 0. The van der Waals surface area contributed by atoms with Crippen LogP contribution in [0.3, 0.4) is 0 Å². The summed E-state index contributed by atoms with van der Waals surface area (Å²) in [6.07, 6.45) is -2.29. The highest BCUT2D eigenvalue weighted by atomic mass is 16.4. The Balaban J connectivity index is 0.000000433. The van der Waals surface area contributed by atoms with Gasteiger partial charge in [-0.3, -0.25) is 14.6 Å². The summed E-state index contributed by atoms with van der Waals surface area (Å²) in [7, 11) is 0. The normalized spacial score (nSPS) is 10.4. The smallest absolute Gasteiger partial charge is 0.336 e. The number of carbonyl (C=O) groups is 3.